The number of imide groups is 1. The molecule has 0 saturated heterocycles. The molecule has 142 valence electrons. The van der Waals surface area contributed by atoms with Crippen molar-refractivity contribution in [2.24, 2.45) is 0 Å². The fraction of sp³-hybridized carbons (Fsp3) is 0.286. The maximum absolute atomic E-state index is 13.5. The van der Waals surface area contributed by atoms with Crippen LogP contribution in [0.4, 0.5) is 4.39 Å². The Kier molecular flexibility index (Phi) is 6.45. The predicted molar refractivity (Wildman–Crippen MR) is 98.7 cm³/mol. The van der Waals surface area contributed by atoms with Gasteiger partial charge in [0.05, 0.1) is 6.42 Å². The van der Waals surface area contributed by atoms with E-state index in [1.54, 1.807) is 18.2 Å². The Morgan fingerprint density at radius 1 is 1.00 bits per heavy atom. The summed E-state index contributed by atoms with van der Waals surface area (Å²) in [6.45, 7) is 5.56. The van der Waals surface area contributed by atoms with Gasteiger partial charge >= 0.3 is 5.97 Å². The molecule has 0 aromatic heterocycles. The number of hydrogen-bond donors (Lipinski definition) is 1. The molecule has 0 unspecified atom stereocenters. The summed E-state index contributed by atoms with van der Waals surface area (Å²) in [4.78, 5) is 35.6. The molecule has 1 N–H and O–H groups in total. The van der Waals surface area contributed by atoms with Crippen molar-refractivity contribution in [1.82, 2.24) is 5.32 Å². The molecule has 0 spiro atoms. The van der Waals surface area contributed by atoms with Gasteiger partial charge in [-0.3, -0.25) is 19.7 Å². The van der Waals surface area contributed by atoms with Crippen LogP contribution >= 0.6 is 0 Å². The molecule has 0 aliphatic rings. The third kappa shape index (κ3) is 6.02. The second-order valence-corrected chi connectivity index (χ2v) is 7.13. The van der Waals surface area contributed by atoms with Crippen LogP contribution in [0.25, 0.3) is 0 Å². The number of ether oxygens (including phenoxy) is 1. The van der Waals surface area contributed by atoms with Crippen LogP contribution in [0.2, 0.25) is 0 Å². The summed E-state index contributed by atoms with van der Waals surface area (Å²) in [5, 5.41) is 2.16. The first-order chi connectivity index (χ1) is 12.7. The first-order valence-corrected chi connectivity index (χ1v) is 8.50. The van der Waals surface area contributed by atoms with Gasteiger partial charge in [0.25, 0.3) is 11.8 Å². The first-order valence-electron chi connectivity index (χ1n) is 8.50. The lowest BCUT2D eigenvalue weighted by molar-refractivity contribution is -0.147. The Hall–Kier alpha value is -3.02. The Morgan fingerprint density at radius 2 is 1.63 bits per heavy atom. The molecule has 2 aromatic rings. The van der Waals surface area contributed by atoms with E-state index >= 15 is 0 Å². The van der Waals surface area contributed by atoms with Gasteiger partial charge in [-0.2, -0.15) is 0 Å². The van der Waals surface area contributed by atoms with E-state index in [-0.39, 0.29) is 17.4 Å². The average molecular weight is 371 g/mol. The van der Waals surface area contributed by atoms with Crippen LogP contribution in [0.1, 0.15) is 42.3 Å². The number of rotatable bonds is 5. The molecule has 2 aromatic carbocycles. The topological polar surface area (TPSA) is 72.5 Å². The molecule has 0 heterocycles. The molecule has 0 bridgehead atoms. The zero-order valence-electron chi connectivity index (χ0n) is 15.5. The smallest absolute Gasteiger partial charge is 0.310 e. The lowest BCUT2D eigenvalue weighted by Gasteiger charge is -2.19. The van der Waals surface area contributed by atoms with E-state index in [2.05, 4.69) is 26.1 Å². The summed E-state index contributed by atoms with van der Waals surface area (Å²) in [7, 11) is 0. The number of benzene rings is 2. The highest BCUT2D eigenvalue weighted by molar-refractivity contribution is 6.05. The van der Waals surface area contributed by atoms with Crippen molar-refractivity contribution in [3.63, 3.8) is 0 Å². The minimum atomic E-state index is -0.753. The molecular formula is C21H22FNO4. The summed E-state index contributed by atoms with van der Waals surface area (Å²) in [5.41, 5.74) is 1.52. The van der Waals surface area contributed by atoms with Crippen molar-refractivity contribution in [2.45, 2.75) is 32.6 Å². The Bertz CT molecular complexity index is 838. The van der Waals surface area contributed by atoms with Crippen molar-refractivity contribution in [2.75, 3.05) is 6.61 Å². The molecule has 0 aliphatic carbocycles. The zero-order chi connectivity index (χ0) is 20.0. The highest BCUT2D eigenvalue weighted by atomic mass is 19.1. The summed E-state index contributed by atoms with van der Waals surface area (Å²) < 4.78 is 18.3. The van der Waals surface area contributed by atoms with Crippen molar-refractivity contribution in [3.05, 3.63) is 71.0 Å². The second-order valence-electron chi connectivity index (χ2n) is 7.13. The van der Waals surface area contributed by atoms with Crippen molar-refractivity contribution >= 4 is 17.8 Å². The number of amides is 2. The summed E-state index contributed by atoms with van der Waals surface area (Å²) >= 11 is 0. The minimum Gasteiger partial charge on any atom is -0.455 e. The van der Waals surface area contributed by atoms with Crippen LogP contribution in [-0.4, -0.2) is 24.4 Å². The van der Waals surface area contributed by atoms with Crippen LogP contribution in [-0.2, 0) is 26.2 Å². The average Bonchev–Trinajstić information content (AvgIpc) is 2.61. The van der Waals surface area contributed by atoms with Gasteiger partial charge in [0.1, 0.15) is 5.82 Å². The number of carbonyl (C=O) groups is 3. The highest BCUT2D eigenvalue weighted by Gasteiger charge is 2.16. The summed E-state index contributed by atoms with van der Waals surface area (Å²) in [6, 6.07) is 12.7. The molecule has 0 fully saturated rings. The third-order valence-corrected chi connectivity index (χ3v) is 3.92. The molecule has 0 atom stereocenters. The predicted octanol–water partition coefficient (Wildman–Crippen LogP) is 3.17. The van der Waals surface area contributed by atoms with Crippen LogP contribution < -0.4 is 5.32 Å². The molecule has 0 aliphatic heterocycles. The van der Waals surface area contributed by atoms with Gasteiger partial charge in [-0.05, 0) is 34.7 Å². The maximum atomic E-state index is 13.5. The van der Waals surface area contributed by atoms with Gasteiger partial charge in [-0.25, -0.2) is 4.39 Å². The zero-order valence-corrected chi connectivity index (χ0v) is 15.5. The van der Waals surface area contributed by atoms with E-state index in [0.29, 0.717) is 5.56 Å². The van der Waals surface area contributed by atoms with E-state index in [9.17, 15) is 18.8 Å². The Labute approximate surface area is 157 Å². The van der Waals surface area contributed by atoms with E-state index in [1.807, 2.05) is 12.1 Å². The van der Waals surface area contributed by atoms with E-state index < -0.39 is 30.2 Å². The minimum absolute atomic E-state index is 0.0444. The maximum Gasteiger partial charge on any atom is 0.310 e. The largest absolute Gasteiger partial charge is 0.455 e. The standard InChI is InChI=1S/C21H22FNO4/c1-21(2,3)16-10-8-14(9-11-16)20(26)23-18(24)13-27-19(25)12-15-6-4-5-7-17(15)22/h4-11H,12-13H2,1-3H3,(H,23,24,26). The first kappa shape index (κ1) is 20.3. The Morgan fingerprint density at radius 3 is 2.22 bits per heavy atom. The normalized spacial score (nSPS) is 11.0. The van der Waals surface area contributed by atoms with Gasteiger partial charge in [0, 0.05) is 5.56 Å². The fourth-order valence-electron chi connectivity index (χ4n) is 2.35. The van der Waals surface area contributed by atoms with Gasteiger partial charge < -0.3 is 4.74 Å². The fourth-order valence-corrected chi connectivity index (χ4v) is 2.35. The quantitative estimate of drug-likeness (QED) is 0.820. The number of halogens is 1. The van der Waals surface area contributed by atoms with Gasteiger partial charge in [0.2, 0.25) is 0 Å². The summed E-state index contributed by atoms with van der Waals surface area (Å²) in [6.07, 6.45) is -0.290. The molecule has 27 heavy (non-hydrogen) atoms. The van der Waals surface area contributed by atoms with Crippen LogP contribution in [0.15, 0.2) is 48.5 Å². The molecule has 0 radical (unpaired) electrons. The van der Waals surface area contributed by atoms with Crippen LogP contribution in [0.3, 0.4) is 0 Å². The van der Waals surface area contributed by atoms with Crippen LogP contribution in [0.5, 0.6) is 0 Å². The van der Waals surface area contributed by atoms with Crippen molar-refractivity contribution in [3.8, 4) is 0 Å². The van der Waals surface area contributed by atoms with Gasteiger partial charge in [-0.15, -0.1) is 0 Å². The number of carbonyl (C=O) groups excluding carboxylic acids is 3. The summed E-state index contributed by atoms with van der Waals surface area (Å²) in [5.74, 6) is -2.60. The van der Waals surface area contributed by atoms with Crippen LogP contribution in [0, 0.1) is 5.82 Å². The molecular weight excluding hydrogens is 349 g/mol. The molecule has 5 nitrogen and oxygen atoms in total. The van der Waals surface area contributed by atoms with Crippen molar-refractivity contribution in [1.29, 1.82) is 0 Å². The molecule has 0 saturated carbocycles. The monoisotopic (exact) mass is 371 g/mol. The van der Waals surface area contributed by atoms with Crippen molar-refractivity contribution < 1.29 is 23.5 Å². The van der Waals surface area contributed by atoms with Gasteiger partial charge in [0.15, 0.2) is 6.61 Å². The lowest BCUT2D eigenvalue weighted by atomic mass is 9.87. The highest BCUT2D eigenvalue weighted by Crippen LogP contribution is 2.22. The molecule has 2 rings (SSSR count). The number of esters is 1. The Balaban J connectivity index is 1.83. The third-order valence-electron chi connectivity index (χ3n) is 3.92. The lowest BCUT2D eigenvalue weighted by Crippen LogP contribution is -2.34. The van der Waals surface area contributed by atoms with E-state index in [0.717, 1.165) is 5.56 Å². The second kappa shape index (κ2) is 8.58. The van der Waals surface area contributed by atoms with Gasteiger partial charge in [-0.1, -0.05) is 51.1 Å². The van der Waals surface area contributed by atoms with E-state index in [4.69, 9.17) is 4.74 Å². The number of hydrogen-bond acceptors (Lipinski definition) is 4. The number of nitrogens with one attached hydrogen (secondary N) is 1. The SMILES string of the molecule is CC(C)(C)c1ccc(C(=O)NC(=O)COC(=O)Cc2ccccc2F)cc1. The molecule has 2 amide bonds. The molecule has 6 heteroatoms. The van der Waals surface area contributed by atoms with E-state index in [1.165, 1.54) is 18.2 Å².